The normalized spacial score (nSPS) is 10.9. The lowest BCUT2D eigenvalue weighted by atomic mass is 10.1. The summed E-state index contributed by atoms with van der Waals surface area (Å²) in [5, 5.41) is 0. The minimum absolute atomic E-state index is 0. The molecular formula is C18H25NO. The molecule has 2 nitrogen and oxygen atoms in total. The van der Waals surface area contributed by atoms with E-state index in [0.717, 1.165) is 11.0 Å². The Morgan fingerprint density at radius 3 is 1.60 bits per heavy atom. The second-order valence-electron chi connectivity index (χ2n) is 5.29. The van der Waals surface area contributed by atoms with Crippen LogP contribution in [0.2, 0.25) is 0 Å². The van der Waals surface area contributed by atoms with Crippen LogP contribution in [0, 0.1) is 0 Å². The van der Waals surface area contributed by atoms with E-state index in [4.69, 9.17) is 0 Å². The zero-order valence-corrected chi connectivity index (χ0v) is 12.5. The van der Waals surface area contributed by atoms with Crippen LogP contribution in [-0.4, -0.2) is 19.1 Å². The summed E-state index contributed by atoms with van der Waals surface area (Å²) in [6, 6.07) is 21.7. The van der Waals surface area contributed by atoms with Gasteiger partial charge in [-0.25, -0.2) is 0 Å². The van der Waals surface area contributed by atoms with Crippen molar-refractivity contribution in [1.82, 2.24) is 4.48 Å². The Kier molecular flexibility index (Phi) is 6.43. The molecule has 0 amide bonds. The largest absolute Gasteiger partial charge is 0.870 e. The molecule has 0 aliphatic rings. The molecule has 0 unspecified atom stereocenters. The maximum Gasteiger partial charge on any atom is 0.137 e. The van der Waals surface area contributed by atoms with Crippen LogP contribution in [0.3, 0.4) is 0 Å². The van der Waals surface area contributed by atoms with Crippen molar-refractivity contribution in [2.75, 3.05) is 13.6 Å². The third-order valence-corrected chi connectivity index (χ3v) is 3.86. The van der Waals surface area contributed by atoms with E-state index >= 15 is 0 Å². The Bertz CT molecular complexity index is 442. The first-order valence-corrected chi connectivity index (χ1v) is 7.24. The third kappa shape index (κ3) is 3.69. The summed E-state index contributed by atoms with van der Waals surface area (Å²) in [7, 11) is 2.32. The monoisotopic (exact) mass is 271 g/mol. The van der Waals surface area contributed by atoms with Crippen molar-refractivity contribution in [3.8, 4) is 0 Å². The topological polar surface area (TPSA) is 30.0 Å². The number of hydrogen-bond donors (Lipinski definition) is 0. The number of nitrogens with zero attached hydrogens (tertiary/aromatic N) is 1. The Balaban J connectivity index is 0.00000200. The molecule has 108 valence electrons. The highest BCUT2D eigenvalue weighted by atomic mass is 16.0. The fraction of sp³-hybridized carbons (Fsp3) is 0.333. The minimum atomic E-state index is 0. The summed E-state index contributed by atoms with van der Waals surface area (Å²) >= 11 is 0. The third-order valence-electron chi connectivity index (χ3n) is 3.86. The van der Waals surface area contributed by atoms with Gasteiger partial charge in [-0.1, -0.05) is 49.7 Å². The number of quaternary nitrogens is 1. The second kappa shape index (κ2) is 7.83. The number of para-hydroxylation sites is 2. The highest BCUT2D eigenvalue weighted by molar-refractivity contribution is 5.57. The zero-order valence-electron chi connectivity index (χ0n) is 12.5. The Morgan fingerprint density at radius 1 is 0.750 bits per heavy atom. The predicted octanol–water partition coefficient (Wildman–Crippen LogP) is 4.97. The van der Waals surface area contributed by atoms with E-state index in [1.807, 2.05) is 0 Å². The van der Waals surface area contributed by atoms with Crippen molar-refractivity contribution in [3.05, 3.63) is 60.7 Å². The van der Waals surface area contributed by atoms with Crippen molar-refractivity contribution in [3.63, 3.8) is 0 Å². The minimum Gasteiger partial charge on any atom is -0.870 e. The molecule has 2 aromatic rings. The van der Waals surface area contributed by atoms with Gasteiger partial charge in [-0.3, -0.25) is 4.48 Å². The van der Waals surface area contributed by atoms with Crippen molar-refractivity contribution in [2.24, 2.45) is 0 Å². The molecule has 0 atom stereocenters. The van der Waals surface area contributed by atoms with Gasteiger partial charge in [0.15, 0.2) is 0 Å². The highest BCUT2D eigenvalue weighted by Crippen LogP contribution is 2.32. The molecule has 0 radical (unpaired) electrons. The molecule has 0 bridgehead atoms. The van der Waals surface area contributed by atoms with Crippen molar-refractivity contribution in [1.29, 1.82) is 0 Å². The van der Waals surface area contributed by atoms with Crippen LogP contribution >= 0.6 is 0 Å². The average Bonchev–Trinajstić information content (AvgIpc) is 2.49. The van der Waals surface area contributed by atoms with Gasteiger partial charge in [0, 0.05) is 0 Å². The first kappa shape index (κ1) is 16.4. The lowest BCUT2D eigenvalue weighted by Gasteiger charge is -2.33. The molecule has 0 aliphatic carbocycles. The smallest absolute Gasteiger partial charge is 0.137 e. The molecule has 20 heavy (non-hydrogen) atoms. The number of benzene rings is 2. The van der Waals surface area contributed by atoms with Crippen LogP contribution in [-0.2, 0) is 0 Å². The van der Waals surface area contributed by atoms with Crippen LogP contribution in [0.5, 0.6) is 0 Å². The molecule has 2 heteroatoms. The number of rotatable bonds is 6. The fourth-order valence-corrected chi connectivity index (χ4v) is 2.60. The van der Waals surface area contributed by atoms with E-state index in [1.54, 1.807) is 0 Å². The predicted molar refractivity (Wildman–Crippen MR) is 86.6 cm³/mol. The molecule has 0 fully saturated rings. The lowest BCUT2D eigenvalue weighted by Crippen LogP contribution is -2.40. The van der Waals surface area contributed by atoms with E-state index in [1.165, 1.54) is 30.6 Å². The number of hydrogen-bond acceptors (Lipinski definition) is 1. The average molecular weight is 271 g/mol. The molecule has 1 N–H and O–H groups in total. The van der Waals surface area contributed by atoms with Crippen molar-refractivity contribution in [2.45, 2.75) is 26.2 Å². The summed E-state index contributed by atoms with van der Waals surface area (Å²) in [6.45, 7) is 3.41. The van der Waals surface area contributed by atoms with Gasteiger partial charge in [-0.2, -0.15) is 0 Å². The van der Waals surface area contributed by atoms with E-state index in [-0.39, 0.29) is 5.48 Å². The fourth-order valence-electron chi connectivity index (χ4n) is 2.60. The molecule has 0 aliphatic heterocycles. The van der Waals surface area contributed by atoms with Gasteiger partial charge in [-0.05, 0) is 37.1 Å². The summed E-state index contributed by atoms with van der Waals surface area (Å²) in [5.74, 6) is 0. The van der Waals surface area contributed by atoms with Crippen molar-refractivity contribution >= 4 is 11.4 Å². The molecular weight excluding hydrogens is 246 g/mol. The van der Waals surface area contributed by atoms with Gasteiger partial charge in [0.2, 0.25) is 0 Å². The van der Waals surface area contributed by atoms with Gasteiger partial charge in [0.1, 0.15) is 11.4 Å². The van der Waals surface area contributed by atoms with Crippen LogP contribution in [0.1, 0.15) is 26.2 Å². The SMILES string of the molecule is CCCCC[N+](C)(c1ccccc1)c1ccccc1.[OH-]. The molecule has 2 rings (SSSR count). The maximum atomic E-state index is 2.32. The van der Waals surface area contributed by atoms with Gasteiger partial charge in [0.05, 0.1) is 13.6 Å². The quantitative estimate of drug-likeness (QED) is 0.539. The van der Waals surface area contributed by atoms with Gasteiger partial charge >= 0.3 is 0 Å². The summed E-state index contributed by atoms with van der Waals surface area (Å²) < 4.78 is 0.891. The molecule has 0 heterocycles. The molecule has 0 saturated carbocycles. The van der Waals surface area contributed by atoms with E-state index in [2.05, 4.69) is 74.6 Å². The van der Waals surface area contributed by atoms with Gasteiger partial charge in [-0.15, -0.1) is 0 Å². The Morgan fingerprint density at radius 2 is 1.20 bits per heavy atom. The standard InChI is InChI=1S/C18H24N.H2O/c1-3-4-11-16-19(2,17-12-7-5-8-13-17)18-14-9-6-10-15-18;/h5-10,12-15H,3-4,11,16H2,1-2H3;1H2/q+1;/p-1. The van der Waals surface area contributed by atoms with Crippen LogP contribution in [0.25, 0.3) is 0 Å². The Hall–Kier alpha value is -1.64. The van der Waals surface area contributed by atoms with E-state index in [0.29, 0.717) is 0 Å². The molecule has 2 aromatic carbocycles. The summed E-state index contributed by atoms with van der Waals surface area (Å²) in [4.78, 5) is 0. The molecule has 0 spiro atoms. The second-order valence-corrected chi connectivity index (χ2v) is 5.29. The van der Waals surface area contributed by atoms with Gasteiger partial charge < -0.3 is 5.48 Å². The first-order chi connectivity index (χ1) is 9.27. The zero-order chi connectivity index (χ0) is 13.6. The Labute approximate surface area is 122 Å². The van der Waals surface area contributed by atoms with Gasteiger partial charge in [0.25, 0.3) is 0 Å². The lowest BCUT2D eigenvalue weighted by molar-refractivity contribution is 0.436. The maximum absolute atomic E-state index is 2.32. The van der Waals surface area contributed by atoms with Crippen LogP contribution in [0.4, 0.5) is 11.4 Å². The highest BCUT2D eigenvalue weighted by Gasteiger charge is 2.26. The molecule has 0 saturated heterocycles. The summed E-state index contributed by atoms with van der Waals surface area (Å²) in [5.41, 5.74) is 2.73. The first-order valence-electron chi connectivity index (χ1n) is 7.24. The molecule has 0 aromatic heterocycles. The van der Waals surface area contributed by atoms with Crippen LogP contribution in [0.15, 0.2) is 60.7 Å². The van der Waals surface area contributed by atoms with Crippen molar-refractivity contribution < 1.29 is 5.48 Å². The van der Waals surface area contributed by atoms with E-state index < -0.39 is 0 Å². The van der Waals surface area contributed by atoms with E-state index in [9.17, 15) is 0 Å². The summed E-state index contributed by atoms with van der Waals surface area (Å²) in [6.07, 6.45) is 3.83. The van der Waals surface area contributed by atoms with Crippen LogP contribution < -0.4 is 4.48 Å². The number of unbranched alkanes of at least 4 members (excludes halogenated alkanes) is 2.